The molecule has 9 heteroatoms. The third-order valence-corrected chi connectivity index (χ3v) is 3.47. The predicted octanol–water partition coefficient (Wildman–Crippen LogP) is 4.63. The SMILES string of the molecule is O=C(Nc1ccc(F)cc1)c1ccnc(Nc2ccccc2C(F)(F)F)n1. The van der Waals surface area contributed by atoms with Gasteiger partial charge in [0.05, 0.1) is 11.3 Å². The highest BCUT2D eigenvalue weighted by molar-refractivity contribution is 6.02. The number of amides is 1. The summed E-state index contributed by atoms with van der Waals surface area (Å²) >= 11 is 0. The minimum atomic E-state index is -4.55. The van der Waals surface area contributed by atoms with E-state index in [1.807, 2.05) is 0 Å². The van der Waals surface area contributed by atoms with Gasteiger partial charge in [-0.15, -0.1) is 0 Å². The maximum absolute atomic E-state index is 13.1. The van der Waals surface area contributed by atoms with Crippen LogP contribution in [0.5, 0.6) is 0 Å². The van der Waals surface area contributed by atoms with Crippen LogP contribution in [0.15, 0.2) is 60.8 Å². The molecule has 0 saturated heterocycles. The van der Waals surface area contributed by atoms with Crippen molar-refractivity contribution in [1.29, 1.82) is 0 Å². The molecule has 0 fully saturated rings. The summed E-state index contributed by atoms with van der Waals surface area (Å²) in [5.41, 5.74) is -0.839. The molecule has 0 radical (unpaired) electrons. The number of aromatic nitrogens is 2. The van der Waals surface area contributed by atoms with E-state index in [0.29, 0.717) is 5.69 Å². The van der Waals surface area contributed by atoms with E-state index in [9.17, 15) is 22.4 Å². The van der Waals surface area contributed by atoms with Crippen molar-refractivity contribution in [3.05, 3.63) is 77.9 Å². The summed E-state index contributed by atoms with van der Waals surface area (Å²) in [6.07, 6.45) is -3.31. The molecule has 0 bridgehead atoms. The molecule has 27 heavy (non-hydrogen) atoms. The van der Waals surface area contributed by atoms with Gasteiger partial charge in [-0.05, 0) is 42.5 Å². The van der Waals surface area contributed by atoms with Crippen LogP contribution in [-0.2, 0) is 6.18 Å². The van der Waals surface area contributed by atoms with Crippen molar-refractivity contribution < 1.29 is 22.4 Å². The van der Waals surface area contributed by atoms with Gasteiger partial charge in [0.2, 0.25) is 5.95 Å². The molecule has 0 aliphatic heterocycles. The van der Waals surface area contributed by atoms with Crippen LogP contribution in [0.3, 0.4) is 0 Å². The van der Waals surface area contributed by atoms with Crippen molar-refractivity contribution in [2.75, 3.05) is 10.6 Å². The Morgan fingerprint density at radius 2 is 1.67 bits per heavy atom. The molecule has 5 nitrogen and oxygen atoms in total. The summed E-state index contributed by atoms with van der Waals surface area (Å²) in [5, 5.41) is 4.98. The molecule has 2 N–H and O–H groups in total. The largest absolute Gasteiger partial charge is 0.418 e. The van der Waals surface area contributed by atoms with E-state index >= 15 is 0 Å². The molecule has 1 heterocycles. The molecule has 0 spiro atoms. The molecule has 0 unspecified atom stereocenters. The lowest BCUT2D eigenvalue weighted by Gasteiger charge is -2.13. The zero-order chi connectivity index (χ0) is 19.4. The lowest BCUT2D eigenvalue weighted by Crippen LogP contribution is -2.15. The molecule has 0 aliphatic rings. The highest BCUT2D eigenvalue weighted by atomic mass is 19.4. The maximum Gasteiger partial charge on any atom is 0.418 e. The first kappa shape index (κ1) is 18.3. The van der Waals surface area contributed by atoms with Crippen LogP contribution in [-0.4, -0.2) is 15.9 Å². The first-order valence-electron chi connectivity index (χ1n) is 7.66. The second-order valence-electron chi connectivity index (χ2n) is 5.39. The lowest BCUT2D eigenvalue weighted by atomic mass is 10.1. The number of halogens is 4. The fourth-order valence-corrected chi connectivity index (χ4v) is 2.23. The fourth-order valence-electron chi connectivity index (χ4n) is 2.23. The van der Waals surface area contributed by atoms with Crippen LogP contribution >= 0.6 is 0 Å². The van der Waals surface area contributed by atoms with Gasteiger partial charge in [-0.2, -0.15) is 13.2 Å². The number of carbonyl (C=O) groups excluding carboxylic acids is 1. The number of rotatable bonds is 4. The topological polar surface area (TPSA) is 66.9 Å². The lowest BCUT2D eigenvalue weighted by molar-refractivity contribution is -0.136. The summed E-state index contributed by atoms with van der Waals surface area (Å²) in [7, 11) is 0. The zero-order valence-corrected chi connectivity index (χ0v) is 13.6. The van der Waals surface area contributed by atoms with Crippen molar-refractivity contribution in [2.45, 2.75) is 6.18 Å². The molecular weight excluding hydrogens is 364 g/mol. The van der Waals surface area contributed by atoms with Crippen molar-refractivity contribution >= 4 is 23.2 Å². The van der Waals surface area contributed by atoms with Gasteiger partial charge in [-0.25, -0.2) is 14.4 Å². The van der Waals surface area contributed by atoms with Gasteiger partial charge in [0.25, 0.3) is 5.91 Å². The number of carbonyl (C=O) groups is 1. The van der Waals surface area contributed by atoms with Crippen molar-refractivity contribution in [3.8, 4) is 0 Å². The third-order valence-electron chi connectivity index (χ3n) is 3.47. The second kappa shape index (κ2) is 7.40. The van der Waals surface area contributed by atoms with Gasteiger partial charge in [0.1, 0.15) is 11.5 Å². The molecular formula is C18H12F4N4O. The van der Waals surface area contributed by atoms with Crippen LogP contribution in [0.2, 0.25) is 0 Å². The van der Waals surface area contributed by atoms with Gasteiger partial charge in [-0.1, -0.05) is 12.1 Å². The highest BCUT2D eigenvalue weighted by Crippen LogP contribution is 2.35. The summed E-state index contributed by atoms with van der Waals surface area (Å²) in [6.45, 7) is 0. The van der Waals surface area contributed by atoms with Crippen LogP contribution in [0, 0.1) is 5.82 Å². The minimum Gasteiger partial charge on any atom is -0.324 e. The maximum atomic E-state index is 13.1. The Labute approximate surface area is 151 Å². The molecule has 3 rings (SSSR count). The highest BCUT2D eigenvalue weighted by Gasteiger charge is 2.33. The monoisotopic (exact) mass is 376 g/mol. The molecule has 1 aromatic heterocycles. The molecule has 0 saturated carbocycles. The Hall–Kier alpha value is -3.49. The first-order chi connectivity index (χ1) is 12.8. The Balaban J connectivity index is 1.80. The molecule has 138 valence electrons. The van der Waals surface area contributed by atoms with Gasteiger partial charge in [-0.3, -0.25) is 4.79 Å². The van der Waals surface area contributed by atoms with Crippen LogP contribution < -0.4 is 10.6 Å². The van der Waals surface area contributed by atoms with Gasteiger partial charge in [0.15, 0.2) is 0 Å². The number of nitrogens with zero attached hydrogens (tertiary/aromatic N) is 2. The number of benzene rings is 2. The van der Waals surface area contributed by atoms with E-state index in [1.165, 1.54) is 54.7 Å². The summed E-state index contributed by atoms with van der Waals surface area (Å²) in [5.74, 6) is -1.24. The number of para-hydroxylation sites is 1. The minimum absolute atomic E-state index is 0.0682. The number of nitrogens with one attached hydrogen (secondary N) is 2. The standard InChI is InChI=1S/C18H12F4N4O/c19-11-5-7-12(8-6-11)24-16(27)15-9-10-23-17(26-15)25-14-4-2-1-3-13(14)18(20,21)22/h1-10H,(H,24,27)(H,23,25,26). The van der Waals surface area contributed by atoms with Gasteiger partial charge < -0.3 is 10.6 Å². The van der Waals surface area contributed by atoms with E-state index in [2.05, 4.69) is 20.6 Å². The van der Waals surface area contributed by atoms with Crippen molar-refractivity contribution in [1.82, 2.24) is 9.97 Å². The van der Waals surface area contributed by atoms with E-state index in [-0.39, 0.29) is 17.3 Å². The van der Waals surface area contributed by atoms with Gasteiger partial charge >= 0.3 is 6.18 Å². The average Bonchev–Trinajstić information content (AvgIpc) is 2.63. The van der Waals surface area contributed by atoms with Gasteiger partial charge in [0, 0.05) is 11.9 Å². The normalized spacial score (nSPS) is 11.1. The number of alkyl halides is 3. The zero-order valence-electron chi connectivity index (χ0n) is 13.6. The molecule has 1 amide bonds. The van der Waals surface area contributed by atoms with E-state index in [1.54, 1.807) is 0 Å². The quantitative estimate of drug-likeness (QED) is 0.652. The molecule has 2 aromatic carbocycles. The Morgan fingerprint density at radius 1 is 0.963 bits per heavy atom. The number of anilines is 3. The predicted molar refractivity (Wildman–Crippen MR) is 91.1 cm³/mol. The van der Waals surface area contributed by atoms with Crippen molar-refractivity contribution in [3.63, 3.8) is 0 Å². The fraction of sp³-hybridized carbons (Fsp3) is 0.0556. The summed E-state index contributed by atoms with van der Waals surface area (Å²) in [4.78, 5) is 20.0. The third kappa shape index (κ3) is 4.57. The Morgan fingerprint density at radius 3 is 2.37 bits per heavy atom. The smallest absolute Gasteiger partial charge is 0.324 e. The Bertz CT molecular complexity index is 958. The van der Waals surface area contributed by atoms with Crippen LogP contribution in [0.25, 0.3) is 0 Å². The van der Waals surface area contributed by atoms with Crippen LogP contribution in [0.1, 0.15) is 16.1 Å². The first-order valence-corrected chi connectivity index (χ1v) is 7.66. The molecule has 0 aliphatic carbocycles. The van der Waals surface area contributed by atoms with E-state index in [0.717, 1.165) is 6.07 Å². The van der Waals surface area contributed by atoms with E-state index < -0.39 is 23.5 Å². The van der Waals surface area contributed by atoms with Crippen LogP contribution in [0.4, 0.5) is 34.9 Å². The summed E-state index contributed by atoms with van der Waals surface area (Å²) < 4.78 is 52.1. The Kier molecular flexibility index (Phi) is 5.02. The molecule has 0 atom stereocenters. The number of hydrogen-bond donors (Lipinski definition) is 2. The van der Waals surface area contributed by atoms with E-state index in [4.69, 9.17) is 0 Å². The molecule has 3 aromatic rings. The van der Waals surface area contributed by atoms with Crippen molar-refractivity contribution in [2.24, 2.45) is 0 Å². The second-order valence-corrected chi connectivity index (χ2v) is 5.39. The number of hydrogen-bond acceptors (Lipinski definition) is 4. The summed E-state index contributed by atoms with van der Waals surface area (Å²) in [6, 6.07) is 11.3. The average molecular weight is 376 g/mol.